The molecular formula is C21H22F3N4O9RuS. The summed E-state index contributed by atoms with van der Waals surface area (Å²) in [7, 11) is -6.09. The van der Waals surface area contributed by atoms with Crippen LogP contribution >= 0.6 is 0 Å². The second-order valence-electron chi connectivity index (χ2n) is 6.49. The van der Waals surface area contributed by atoms with E-state index in [4.69, 9.17) is 23.2 Å². The molecule has 215 valence electrons. The first-order valence-electron chi connectivity index (χ1n) is 9.84. The Hall–Kier alpha value is -3.76. The number of halogens is 3. The molecule has 1 radical (unpaired) electrons. The van der Waals surface area contributed by atoms with Crippen LogP contribution in [0.2, 0.25) is 0 Å². The molecule has 13 nitrogen and oxygen atoms in total. The van der Waals surface area contributed by atoms with Crippen LogP contribution in [0.5, 0.6) is 11.5 Å². The number of hydrogen-bond donors (Lipinski definition) is 2. The number of imidazole rings is 2. The molecule has 4 rings (SSSR count). The average Bonchev–Trinajstić information content (AvgIpc) is 3.49. The molecule has 0 fully saturated rings. The molecule has 39 heavy (non-hydrogen) atoms. The van der Waals surface area contributed by atoms with E-state index in [9.17, 15) is 22.8 Å². The van der Waals surface area contributed by atoms with Crippen LogP contribution in [0.15, 0.2) is 67.9 Å². The maximum Gasteiger partial charge on any atom is 3.00 e. The third-order valence-electron chi connectivity index (χ3n) is 3.52. The fourth-order valence-corrected chi connectivity index (χ4v) is 1.64. The Morgan fingerprint density at radius 1 is 0.821 bits per heavy atom. The number of alkyl halides is 3. The van der Waals surface area contributed by atoms with Gasteiger partial charge in [0.25, 0.3) is 0 Å². The minimum atomic E-state index is -6.09. The maximum atomic E-state index is 10.7. The molecule has 0 atom stereocenters. The normalized spacial score (nSPS) is 9.95. The van der Waals surface area contributed by atoms with Crippen molar-refractivity contribution in [2.75, 3.05) is 0 Å². The van der Waals surface area contributed by atoms with Crippen LogP contribution in [-0.4, -0.2) is 38.7 Å². The van der Waals surface area contributed by atoms with Crippen molar-refractivity contribution in [3.8, 4) is 11.5 Å². The Bertz CT molecular complexity index is 1350. The fraction of sp³-hybridized carbons (Fsp3) is 0.238. The third-order valence-corrected chi connectivity index (χ3v) is 4.09. The first kappa shape index (κ1) is 37.4. The summed E-state index contributed by atoms with van der Waals surface area (Å²) in [6.07, 6.45) is 9.20. The summed E-state index contributed by atoms with van der Waals surface area (Å²) in [6, 6.07) is 2.34. The molecule has 0 bridgehead atoms. The summed E-state index contributed by atoms with van der Waals surface area (Å²) < 4.78 is 68.3. The summed E-state index contributed by atoms with van der Waals surface area (Å²) in [6.45, 7) is 6.77. The second-order valence-corrected chi connectivity index (χ2v) is 7.86. The number of nitrogens with zero attached hydrogens (tertiary/aromatic N) is 4. The minimum absolute atomic E-state index is 0. The third kappa shape index (κ3) is 16.0. The molecule has 0 saturated heterocycles. The Balaban J connectivity index is 0. The van der Waals surface area contributed by atoms with Crippen LogP contribution in [0.4, 0.5) is 13.2 Å². The van der Waals surface area contributed by atoms with E-state index in [1.165, 1.54) is 38.5 Å². The zero-order chi connectivity index (χ0) is 29.5. The van der Waals surface area contributed by atoms with Gasteiger partial charge in [-0.15, -0.1) is 0 Å². The van der Waals surface area contributed by atoms with E-state index in [2.05, 4.69) is 28.8 Å². The van der Waals surface area contributed by atoms with E-state index in [1.54, 1.807) is 24.8 Å². The number of rotatable bonds is 0. The van der Waals surface area contributed by atoms with Gasteiger partial charge >= 0.3 is 25.0 Å². The van der Waals surface area contributed by atoms with Crippen molar-refractivity contribution >= 4 is 10.1 Å². The van der Waals surface area contributed by atoms with E-state index in [0.717, 1.165) is 11.6 Å². The van der Waals surface area contributed by atoms with Crippen molar-refractivity contribution in [1.29, 1.82) is 0 Å². The van der Waals surface area contributed by atoms with Crippen LogP contribution in [0.3, 0.4) is 0 Å². The fourth-order valence-electron chi connectivity index (χ4n) is 1.64. The van der Waals surface area contributed by atoms with Crippen molar-refractivity contribution < 1.29 is 64.7 Å². The van der Waals surface area contributed by atoms with E-state index < -0.39 is 26.5 Å². The average molecular weight is 665 g/mol. The van der Waals surface area contributed by atoms with Gasteiger partial charge in [-0.05, 0) is 27.7 Å². The second kappa shape index (κ2) is 17.7. The topological polar surface area (TPSA) is 212 Å². The number of hydrogen-bond acceptors (Lipinski definition) is 11. The number of aryl methyl sites for hydroxylation is 4. The maximum absolute atomic E-state index is 10.7. The molecule has 0 spiro atoms. The smallest absolute Gasteiger partial charge is 0.741 e. The standard InChI is InChI=1S/2C6H6O3.2C4H5N2.CHF3O3S.Ru/c2*1-4-6(8)5(7)2-3-9-4;2*1-4-5-2-3-6-4;2-1(3,4)8(5,6)7;/h2*2-3,8H,1H3;2*2-3H,1H3;(H,5,6,7);/q;;2*-1;;+3/p-1. The molecule has 4 heterocycles. The quantitative estimate of drug-likeness (QED) is 0.157. The van der Waals surface area contributed by atoms with Gasteiger partial charge in [0, 0.05) is 12.1 Å². The largest absolute Gasteiger partial charge is 3.00 e. The van der Waals surface area contributed by atoms with Gasteiger partial charge in [0.1, 0.15) is 11.5 Å². The molecule has 0 aliphatic carbocycles. The zero-order valence-corrected chi connectivity index (χ0v) is 23.1. The summed E-state index contributed by atoms with van der Waals surface area (Å²) in [5.74, 6) is 1.57. The molecule has 0 aliphatic rings. The molecule has 0 amide bonds. The van der Waals surface area contributed by atoms with E-state index in [-0.39, 0.29) is 42.5 Å². The van der Waals surface area contributed by atoms with E-state index >= 15 is 0 Å². The first-order chi connectivity index (χ1) is 17.5. The SMILES string of the molecule is Cc1ncc[n-]1.Cc1ncc[n-]1.Cc1occc(=O)c1O.Cc1occc(=O)c1O.O=S(=O)([O-])C(F)(F)F.[Ru+3]. The van der Waals surface area contributed by atoms with Gasteiger partial charge in [-0.3, -0.25) is 9.59 Å². The van der Waals surface area contributed by atoms with Gasteiger partial charge in [0.2, 0.25) is 22.4 Å². The van der Waals surface area contributed by atoms with Crippen molar-refractivity contribution in [1.82, 2.24) is 19.9 Å². The molecule has 4 aromatic heterocycles. The van der Waals surface area contributed by atoms with Gasteiger partial charge in [0.05, 0.1) is 12.5 Å². The van der Waals surface area contributed by atoms with Crippen molar-refractivity contribution in [3.05, 3.63) is 93.1 Å². The van der Waals surface area contributed by atoms with E-state index in [1.807, 2.05) is 13.8 Å². The minimum Gasteiger partial charge on any atom is -0.741 e. The van der Waals surface area contributed by atoms with Crippen LogP contribution < -0.4 is 20.8 Å². The summed E-state index contributed by atoms with van der Waals surface area (Å²) in [5.41, 5.74) is -6.45. The van der Waals surface area contributed by atoms with Crippen molar-refractivity contribution in [2.24, 2.45) is 0 Å². The summed E-state index contributed by atoms with van der Waals surface area (Å²) in [4.78, 5) is 36.3. The molecule has 0 aliphatic heterocycles. The Morgan fingerprint density at radius 3 is 1.26 bits per heavy atom. The number of aromatic hydroxyl groups is 2. The monoisotopic (exact) mass is 665 g/mol. The van der Waals surface area contributed by atoms with Crippen molar-refractivity contribution in [3.63, 3.8) is 0 Å². The molecule has 2 N–H and O–H groups in total. The number of aromatic nitrogens is 4. The van der Waals surface area contributed by atoms with Gasteiger partial charge in [0.15, 0.2) is 10.1 Å². The summed E-state index contributed by atoms with van der Waals surface area (Å²) >= 11 is 0. The van der Waals surface area contributed by atoms with Gasteiger partial charge < -0.3 is 43.5 Å². The van der Waals surface area contributed by atoms with Gasteiger partial charge in [-0.25, -0.2) is 8.42 Å². The predicted molar refractivity (Wildman–Crippen MR) is 123 cm³/mol. The zero-order valence-electron chi connectivity index (χ0n) is 20.6. The molecule has 18 heteroatoms. The molecule has 0 saturated carbocycles. The van der Waals surface area contributed by atoms with Crippen LogP contribution in [-0.2, 0) is 29.6 Å². The van der Waals surface area contributed by atoms with Crippen LogP contribution in [0.1, 0.15) is 23.2 Å². The van der Waals surface area contributed by atoms with Gasteiger partial charge in [-0.1, -0.05) is 36.4 Å². The Labute approximate surface area is 232 Å². The molecule has 0 unspecified atom stereocenters. The van der Waals surface area contributed by atoms with Crippen molar-refractivity contribution in [2.45, 2.75) is 33.2 Å². The Morgan fingerprint density at radius 2 is 1.13 bits per heavy atom. The van der Waals surface area contributed by atoms with Crippen LogP contribution in [0, 0.1) is 27.7 Å². The Kier molecular flexibility index (Phi) is 17.0. The van der Waals surface area contributed by atoms with Gasteiger partial charge in [-0.2, -0.15) is 13.2 Å². The molecule has 4 aromatic rings. The summed E-state index contributed by atoms with van der Waals surface area (Å²) in [5, 5.41) is 17.6. The first-order valence-corrected chi connectivity index (χ1v) is 11.3. The molecule has 0 aromatic carbocycles. The van der Waals surface area contributed by atoms with Crippen LogP contribution in [0.25, 0.3) is 0 Å². The van der Waals surface area contributed by atoms with E-state index in [0.29, 0.717) is 0 Å². The predicted octanol–water partition coefficient (Wildman–Crippen LogP) is 2.05. The molecular weight excluding hydrogens is 642 g/mol.